The summed E-state index contributed by atoms with van der Waals surface area (Å²) in [5.41, 5.74) is 1.14. The van der Waals surface area contributed by atoms with Crippen LogP contribution in [0.5, 0.6) is 11.5 Å². The molecule has 1 aliphatic rings. The molecule has 0 aliphatic heterocycles. The Bertz CT molecular complexity index is 375. The van der Waals surface area contributed by atoms with E-state index in [0.29, 0.717) is 11.8 Å². The molecule has 1 aromatic rings. The fourth-order valence-electron chi connectivity index (χ4n) is 2.30. The van der Waals surface area contributed by atoms with Crippen molar-refractivity contribution in [3.63, 3.8) is 0 Å². The lowest BCUT2D eigenvalue weighted by Crippen LogP contribution is -2.37. The minimum Gasteiger partial charge on any atom is -0.497 e. The second-order valence-corrected chi connectivity index (χ2v) is 4.38. The Hall–Kier alpha value is -1.22. The molecule has 0 saturated heterocycles. The van der Waals surface area contributed by atoms with Gasteiger partial charge in [0.25, 0.3) is 0 Å². The van der Waals surface area contributed by atoms with Crippen LogP contribution in [-0.2, 0) is 0 Å². The SMILES string of the molecule is COc1ccc(OC)c(C2CC(O)C2C)c1. The first-order valence-electron chi connectivity index (χ1n) is 5.57. The first-order valence-corrected chi connectivity index (χ1v) is 5.57. The van der Waals surface area contributed by atoms with E-state index in [1.54, 1.807) is 14.2 Å². The predicted molar refractivity (Wildman–Crippen MR) is 62.1 cm³/mol. The van der Waals surface area contributed by atoms with Crippen molar-refractivity contribution in [1.29, 1.82) is 0 Å². The van der Waals surface area contributed by atoms with Crippen molar-refractivity contribution in [3.8, 4) is 11.5 Å². The average Bonchev–Trinajstić information content (AvgIpc) is 2.34. The maximum atomic E-state index is 9.57. The molecule has 1 N–H and O–H groups in total. The second kappa shape index (κ2) is 4.34. The Labute approximate surface area is 96.0 Å². The Morgan fingerprint density at radius 3 is 2.50 bits per heavy atom. The molecular formula is C13H18O3. The van der Waals surface area contributed by atoms with Crippen LogP contribution in [-0.4, -0.2) is 25.4 Å². The lowest BCUT2D eigenvalue weighted by Gasteiger charge is -2.40. The van der Waals surface area contributed by atoms with Crippen LogP contribution in [0, 0.1) is 5.92 Å². The highest BCUT2D eigenvalue weighted by Crippen LogP contribution is 2.46. The molecule has 3 unspecified atom stereocenters. The smallest absolute Gasteiger partial charge is 0.122 e. The highest BCUT2D eigenvalue weighted by atomic mass is 16.5. The van der Waals surface area contributed by atoms with Gasteiger partial charge >= 0.3 is 0 Å². The minimum absolute atomic E-state index is 0.180. The van der Waals surface area contributed by atoms with Crippen LogP contribution in [0.3, 0.4) is 0 Å². The molecule has 0 bridgehead atoms. The number of hydrogen-bond acceptors (Lipinski definition) is 3. The van der Waals surface area contributed by atoms with E-state index in [1.165, 1.54) is 0 Å². The van der Waals surface area contributed by atoms with E-state index < -0.39 is 0 Å². The van der Waals surface area contributed by atoms with E-state index in [9.17, 15) is 5.11 Å². The molecule has 16 heavy (non-hydrogen) atoms. The lowest BCUT2D eigenvalue weighted by atomic mass is 9.68. The van der Waals surface area contributed by atoms with Crippen molar-refractivity contribution in [1.82, 2.24) is 0 Å². The molecule has 0 spiro atoms. The maximum absolute atomic E-state index is 9.57. The van der Waals surface area contributed by atoms with Gasteiger partial charge in [-0.15, -0.1) is 0 Å². The van der Waals surface area contributed by atoms with Gasteiger partial charge in [-0.1, -0.05) is 6.92 Å². The summed E-state index contributed by atoms with van der Waals surface area (Å²) >= 11 is 0. The van der Waals surface area contributed by atoms with E-state index in [-0.39, 0.29) is 6.10 Å². The Morgan fingerprint density at radius 1 is 1.25 bits per heavy atom. The minimum atomic E-state index is -0.180. The van der Waals surface area contributed by atoms with Gasteiger partial charge in [-0.2, -0.15) is 0 Å². The standard InChI is InChI=1S/C13H18O3/c1-8-10(7-12(8)14)11-6-9(15-2)4-5-13(11)16-3/h4-6,8,10,12,14H,7H2,1-3H3. The number of rotatable bonds is 3. The highest BCUT2D eigenvalue weighted by molar-refractivity contribution is 5.44. The Morgan fingerprint density at radius 2 is 2.00 bits per heavy atom. The van der Waals surface area contributed by atoms with E-state index in [2.05, 4.69) is 6.92 Å². The molecule has 3 atom stereocenters. The molecule has 88 valence electrons. The monoisotopic (exact) mass is 222 g/mol. The molecule has 3 heteroatoms. The van der Waals surface area contributed by atoms with Crippen molar-refractivity contribution in [2.45, 2.75) is 25.4 Å². The summed E-state index contributed by atoms with van der Waals surface area (Å²) in [6.45, 7) is 2.07. The fourth-order valence-corrected chi connectivity index (χ4v) is 2.30. The quantitative estimate of drug-likeness (QED) is 0.852. The number of aliphatic hydroxyl groups is 1. The molecule has 0 radical (unpaired) electrons. The average molecular weight is 222 g/mol. The van der Waals surface area contributed by atoms with Gasteiger partial charge in [-0.05, 0) is 36.5 Å². The van der Waals surface area contributed by atoms with Crippen LogP contribution in [0.4, 0.5) is 0 Å². The molecule has 1 aromatic carbocycles. The second-order valence-electron chi connectivity index (χ2n) is 4.38. The van der Waals surface area contributed by atoms with Gasteiger partial charge in [0.1, 0.15) is 11.5 Å². The van der Waals surface area contributed by atoms with Crippen LogP contribution < -0.4 is 9.47 Å². The summed E-state index contributed by atoms with van der Waals surface area (Å²) in [4.78, 5) is 0. The van der Waals surface area contributed by atoms with Gasteiger partial charge in [-0.25, -0.2) is 0 Å². The molecule has 1 aliphatic carbocycles. The van der Waals surface area contributed by atoms with E-state index in [1.807, 2.05) is 18.2 Å². The fraction of sp³-hybridized carbons (Fsp3) is 0.538. The van der Waals surface area contributed by atoms with E-state index in [0.717, 1.165) is 23.5 Å². The normalized spacial score (nSPS) is 28.4. The summed E-state index contributed by atoms with van der Waals surface area (Å²) in [7, 11) is 3.33. The summed E-state index contributed by atoms with van der Waals surface area (Å²) in [5, 5.41) is 9.57. The zero-order chi connectivity index (χ0) is 11.7. The first-order chi connectivity index (χ1) is 7.67. The third kappa shape index (κ3) is 1.76. The molecule has 0 amide bonds. The van der Waals surface area contributed by atoms with E-state index >= 15 is 0 Å². The zero-order valence-electron chi connectivity index (χ0n) is 9.93. The number of methoxy groups -OCH3 is 2. The van der Waals surface area contributed by atoms with Gasteiger partial charge in [0.15, 0.2) is 0 Å². The first kappa shape index (κ1) is 11.3. The van der Waals surface area contributed by atoms with Crippen LogP contribution in [0.1, 0.15) is 24.8 Å². The largest absolute Gasteiger partial charge is 0.497 e. The van der Waals surface area contributed by atoms with Gasteiger partial charge in [-0.3, -0.25) is 0 Å². The van der Waals surface area contributed by atoms with Gasteiger partial charge in [0.05, 0.1) is 20.3 Å². The van der Waals surface area contributed by atoms with Crippen LogP contribution in [0.2, 0.25) is 0 Å². The summed E-state index contributed by atoms with van der Waals surface area (Å²) in [6.07, 6.45) is 0.630. The summed E-state index contributed by atoms with van der Waals surface area (Å²) in [5.74, 6) is 2.38. The van der Waals surface area contributed by atoms with E-state index in [4.69, 9.17) is 9.47 Å². The number of hydrogen-bond donors (Lipinski definition) is 1. The van der Waals surface area contributed by atoms with Gasteiger partial charge in [0.2, 0.25) is 0 Å². The molecule has 3 nitrogen and oxygen atoms in total. The topological polar surface area (TPSA) is 38.7 Å². The molecule has 1 saturated carbocycles. The summed E-state index contributed by atoms with van der Waals surface area (Å²) < 4.78 is 10.6. The molecular weight excluding hydrogens is 204 g/mol. The molecule has 1 fully saturated rings. The number of ether oxygens (including phenoxy) is 2. The van der Waals surface area contributed by atoms with Gasteiger partial charge < -0.3 is 14.6 Å². The third-order valence-electron chi connectivity index (χ3n) is 3.57. The maximum Gasteiger partial charge on any atom is 0.122 e. The third-order valence-corrected chi connectivity index (χ3v) is 3.57. The van der Waals surface area contributed by atoms with Crippen LogP contribution in [0.15, 0.2) is 18.2 Å². The molecule has 0 heterocycles. The Kier molecular flexibility index (Phi) is 3.06. The highest BCUT2D eigenvalue weighted by Gasteiger charge is 2.38. The molecule has 2 rings (SSSR count). The van der Waals surface area contributed by atoms with Crippen molar-refractivity contribution in [2.75, 3.05) is 14.2 Å². The predicted octanol–water partition coefficient (Wildman–Crippen LogP) is 2.19. The number of aliphatic hydroxyl groups excluding tert-OH is 1. The van der Waals surface area contributed by atoms with Crippen molar-refractivity contribution < 1.29 is 14.6 Å². The summed E-state index contributed by atoms with van der Waals surface area (Å²) in [6, 6.07) is 5.82. The van der Waals surface area contributed by atoms with Crippen LogP contribution in [0.25, 0.3) is 0 Å². The van der Waals surface area contributed by atoms with Crippen molar-refractivity contribution >= 4 is 0 Å². The zero-order valence-corrected chi connectivity index (χ0v) is 9.93. The number of benzene rings is 1. The lowest BCUT2D eigenvalue weighted by molar-refractivity contribution is 0.0109. The van der Waals surface area contributed by atoms with Gasteiger partial charge in [0, 0.05) is 5.56 Å². The molecule has 0 aromatic heterocycles. The Balaban J connectivity index is 2.30. The van der Waals surface area contributed by atoms with Crippen molar-refractivity contribution in [3.05, 3.63) is 23.8 Å². The van der Waals surface area contributed by atoms with Crippen molar-refractivity contribution in [2.24, 2.45) is 5.92 Å². The van der Waals surface area contributed by atoms with Crippen LogP contribution >= 0.6 is 0 Å².